The third-order valence-electron chi connectivity index (χ3n) is 4.36. The lowest BCUT2D eigenvalue weighted by Gasteiger charge is -2.30. The van der Waals surface area contributed by atoms with Crippen LogP contribution < -0.4 is 9.76 Å². The van der Waals surface area contributed by atoms with E-state index in [4.69, 9.17) is 4.42 Å². The molecule has 1 aromatic heterocycles. The molecule has 0 saturated carbocycles. The van der Waals surface area contributed by atoms with E-state index in [1.54, 1.807) is 18.4 Å². The molecule has 27 heavy (non-hydrogen) atoms. The van der Waals surface area contributed by atoms with Gasteiger partial charge in [-0.3, -0.25) is 4.57 Å². The molecule has 1 fully saturated rings. The largest absolute Gasteiger partial charge is 0.468 e. The molecule has 4 rings (SSSR count). The Morgan fingerprint density at radius 2 is 1.63 bits per heavy atom. The third kappa shape index (κ3) is 4.57. The summed E-state index contributed by atoms with van der Waals surface area (Å²) in [5, 5.41) is 3.12. The molecule has 2 aromatic carbocycles. The van der Waals surface area contributed by atoms with Crippen LogP contribution in [0.4, 0.5) is 5.69 Å². The highest BCUT2D eigenvalue weighted by Crippen LogP contribution is 2.62. The maximum absolute atomic E-state index is 13.5. The number of aldehydes is 1. The van der Waals surface area contributed by atoms with Crippen LogP contribution in [0.5, 0.6) is 0 Å². The minimum Gasteiger partial charge on any atom is -0.468 e. The average Bonchev–Trinajstić information content (AvgIpc) is 3.39. The molecule has 2 atom stereocenters. The van der Waals surface area contributed by atoms with E-state index in [0.717, 1.165) is 12.0 Å². The first-order valence-corrected chi connectivity index (χ1v) is 10.6. The molecule has 140 valence electrons. The Morgan fingerprint density at radius 3 is 2.19 bits per heavy atom. The molecule has 5 nitrogen and oxygen atoms in total. The molecule has 1 aliphatic rings. The second-order valence-corrected chi connectivity index (χ2v) is 8.75. The number of nitrogens with one attached hydrogen (secondary N) is 1. The monoisotopic (exact) mass is 382 g/mol. The number of furan rings is 1. The van der Waals surface area contributed by atoms with Crippen molar-refractivity contribution in [2.24, 2.45) is 0 Å². The summed E-state index contributed by atoms with van der Waals surface area (Å²) < 4.78 is 20.8. The Labute approximate surface area is 159 Å². The number of para-hydroxylation sites is 1. The topological polar surface area (TPSA) is 62.6 Å². The highest BCUT2D eigenvalue weighted by molar-refractivity contribution is 7.64. The van der Waals surface area contributed by atoms with Crippen molar-refractivity contribution in [3.63, 3.8) is 0 Å². The molecular formula is C21H23N2O3P. The van der Waals surface area contributed by atoms with Gasteiger partial charge in [0.2, 0.25) is 7.44 Å². The zero-order valence-electron chi connectivity index (χ0n) is 15.0. The van der Waals surface area contributed by atoms with Gasteiger partial charge in [-0.05, 0) is 24.3 Å². The molecule has 1 saturated heterocycles. The number of nitrogens with zero attached hydrogens (tertiary/aromatic N) is 1. The van der Waals surface area contributed by atoms with E-state index in [0.29, 0.717) is 18.8 Å². The van der Waals surface area contributed by atoms with Gasteiger partial charge in [0.15, 0.2) is 0 Å². The van der Waals surface area contributed by atoms with E-state index in [-0.39, 0.29) is 6.42 Å². The SMILES string of the molecule is O=CCC(c1ccco1)P1(=O)NCCN1c1ccccc1.c1ccccc1. The van der Waals surface area contributed by atoms with Crippen LogP contribution in [-0.2, 0) is 9.36 Å². The molecule has 1 aliphatic heterocycles. The van der Waals surface area contributed by atoms with E-state index in [1.807, 2.05) is 71.4 Å². The lowest BCUT2D eigenvalue weighted by Crippen LogP contribution is -2.21. The molecule has 2 heterocycles. The Kier molecular flexibility index (Phi) is 6.64. The first kappa shape index (κ1) is 19.2. The molecule has 3 aromatic rings. The number of carbonyl (C=O) groups is 1. The number of carbonyl (C=O) groups excluding carboxylic acids is 1. The molecular weight excluding hydrogens is 359 g/mol. The van der Waals surface area contributed by atoms with Gasteiger partial charge < -0.3 is 13.9 Å². The number of hydrogen-bond donors (Lipinski definition) is 1. The van der Waals surface area contributed by atoms with Crippen molar-refractivity contribution in [3.05, 3.63) is 90.9 Å². The zero-order valence-corrected chi connectivity index (χ0v) is 15.9. The number of benzene rings is 2. The first-order chi connectivity index (χ1) is 13.3. The van der Waals surface area contributed by atoms with Crippen molar-refractivity contribution >= 4 is 19.4 Å². The summed E-state index contributed by atoms with van der Waals surface area (Å²) in [5.41, 5.74) is 0.431. The maximum Gasteiger partial charge on any atom is 0.248 e. The molecule has 1 N–H and O–H groups in total. The normalized spacial score (nSPS) is 19.8. The summed E-state index contributed by atoms with van der Waals surface area (Å²) in [5.74, 6) is 0.584. The second-order valence-electron chi connectivity index (χ2n) is 6.08. The highest BCUT2D eigenvalue weighted by atomic mass is 31.2. The molecule has 0 aliphatic carbocycles. The fourth-order valence-electron chi connectivity index (χ4n) is 3.12. The maximum atomic E-state index is 13.5. The van der Waals surface area contributed by atoms with Gasteiger partial charge in [-0.15, -0.1) is 0 Å². The zero-order chi connectivity index (χ0) is 19.0. The van der Waals surface area contributed by atoms with Gasteiger partial charge in [0, 0.05) is 25.2 Å². The fourth-order valence-corrected chi connectivity index (χ4v) is 6.00. The smallest absolute Gasteiger partial charge is 0.248 e. The van der Waals surface area contributed by atoms with Crippen molar-refractivity contribution in [2.45, 2.75) is 12.1 Å². The Morgan fingerprint density at radius 1 is 1.00 bits per heavy atom. The summed E-state index contributed by atoms with van der Waals surface area (Å²) in [6, 6.07) is 25.1. The summed E-state index contributed by atoms with van der Waals surface area (Å²) in [4.78, 5) is 11.0. The van der Waals surface area contributed by atoms with E-state index >= 15 is 0 Å². The van der Waals surface area contributed by atoms with Crippen LogP contribution in [0.25, 0.3) is 0 Å². The third-order valence-corrected chi connectivity index (χ3v) is 7.49. The number of rotatable bonds is 5. The standard InChI is InChI=1S/C15H17N2O3P.C6H6/c18-11-8-15(14-7-4-12-20-14)21(19)16-9-10-17(21)13-5-2-1-3-6-13;1-2-4-6-5-3-1/h1-7,11-12,15H,8-10H2,(H,16,19);1-6H. The summed E-state index contributed by atoms with van der Waals surface area (Å²) in [6.45, 7) is 1.28. The lowest BCUT2D eigenvalue weighted by atomic mass is 10.2. The number of anilines is 1. The predicted octanol–water partition coefficient (Wildman–Crippen LogP) is 4.90. The van der Waals surface area contributed by atoms with Crippen molar-refractivity contribution in [2.75, 3.05) is 17.8 Å². The fraction of sp³-hybridized carbons (Fsp3) is 0.190. The highest BCUT2D eigenvalue weighted by Gasteiger charge is 2.44. The van der Waals surface area contributed by atoms with Crippen LogP contribution in [0, 0.1) is 0 Å². The van der Waals surface area contributed by atoms with Crippen molar-refractivity contribution in [1.82, 2.24) is 5.09 Å². The average molecular weight is 382 g/mol. The molecule has 0 spiro atoms. The van der Waals surface area contributed by atoms with Crippen LogP contribution in [0.2, 0.25) is 0 Å². The van der Waals surface area contributed by atoms with Crippen molar-refractivity contribution in [3.8, 4) is 0 Å². The van der Waals surface area contributed by atoms with Crippen LogP contribution in [0.15, 0.2) is 89.5 Å². The van der Waals surface area contributed by atoms with E-state index in [9.17, 15) is 9.36 Å². The van der Waals surface area contributed by atoms with Gasteiger partial charge >= 0.3 is 0 Å². The summed E-state index contributed by atoms with van der Waals surface area (Å²) in [6.07, 6.45) is 2.51. The quantitative estimate of drug-likeness (QED) is 0.502. The van der Waals surface area contributed by atoms with Gasteiger partial charge in [0.25, 0.3) is 0 Å². The minimum absolute atomic E-state index is 0.168. The van der Waals surface area contributed by atoms with Crippen LogP contribution in [0.3, 0.4) is 0 Å². The van der Waals surface area contributed by atoms with Gasteiger partial charge in [-0.1, -0.05) is 54.6 Å². The van der Waals surface area contributed by atoms with Gasteiger partial charge in [0.1, 0.15) is 17.7 Å². The second kappa shape index (κ2) is 9.36. The van der Waals surface area contributed by atoms with Crippen LogP contribution >= 0.6 is 7.44 Å². The van der Waals surface area contributed by atoms with E-state index < -0.39 is 13.1 Å². The Balaban J connectivity index is 0.000000299. The van der Waals surface area contributed by atoms with Crippen LogP contribution in [-0.4, -0.2) is 19.4 Å². The minimum atomic E-state index is -2.96. The summed E-state index contributed by atoms with van der Waals surface area (Å²) >= 11 is 0. The van der Waals surface area contributed by atoms with Gasteiger partial charge in [0.05, 0.1) is 6.26 Å². The summed E-state index contributed by atoms with van der Waals surface area (Å²) in [7, 11) is -2.96. The molecule has 0 bridgehead atoms. The van der Waals surface area contributed by atoms with Crippen molar-refractivity contribution in [1.29, 1.82) is 0 Å². The van der Waals surface area contributed by atoms with Crippen LogP contribution in [0.1, 0.15) is 17.8 Å². The predicted molar refractivity (Wildman–Crippen MR) is 108 cm³/mol. The molecule has 0 amide bonds. The molecule has 2 unspecified atom stereocenters. The first-order valence-electron chi connectivity index (χ1n) is 8.90. The lowest BCUT2D eigenvalue weighted by molar-refractivity contribution is -0.107. The van der Waals surface area contributed by atoms with Gasteiger partial charge in [-0.2, -0.15) is 0 Å². The Hall–Kier alpha value is -2.62. The van der Waals surface area contributed by atoms with Crippen molar-refractivity contribution < 1.29 is 13.8 Å². The van der Waals surface area contributed by atoms with Gasteiger partial charge in [-0.25, -0.2) is 5.09 Å². The van der Waals surface area contributed by atoms with E-state index in [2.05, 4.69) is 5.09 Å². The Bertz CT molecular complexity index is 827. The van der Waals surface area contributed by atoms with E-state index in [1.165, 1.54) is 0 Å². The molecule has 0 radical (unpaired) electrons. The molecule has 6 heteroatoms. The number of hydrogen-bond acceptors (Lipinski definition) is 3.